The van der Waals surface area contributed by atoms with Crippen LogP contribution in [0.2, 0.25) is 0 Å². The highest BCUT2D eigenvalue weighted by Gasteiger charge is 2.50. The summed E-state index contributed by atoms with van der Waals surface area (Å²) in [7, 11) is 0. The van der Waals surface area contributed by atoms with Crippen molar-refractivity contribution in [1.29, 1.82) is 0 Å². The number of ether oxygens (including phenoxy) is 1. The van der Waals surface area contributed by atoms with Crippen LogP contribution in [0.4, 0.5) is 21.5 Å². The van der Waals surface area contributed by atoms with E-state index in [1.165, 1.54) is 6.07 Å². The number of halogens is 1. The summed E-state index contributed by atoms with van der Waals surface area (Å²) < 4.78 is 19.7. The molecule has 3 aliphatic heterocycles. The van der Waals surface area contributed by atoms with E-state index in [0.717, 1.165) is 23.0 Å². The molecule has 0 aliphatic carbocycles. The van der Waals surface area contributed by atoms with E-state index in [2.05, 4.69) is 10.2 Å². The molecule has 138 valence electrons. The number of hydrogen-bond acceptors (Lipinski definition) is 5. The maximum absolute atomic E-state index is 14.0. The fraction of sp³-hybridized carbons (Fsp3) is 0.333. The zero-order chi connectivity index (χ0) is 18.9. The second-order valence-corrected chi connectivity index (χ2v) is 7.70. The number of hydrogen-bond donors (Lipinski definition) is 1. The number of nitrogens with zero attached hydrogens (tertiary/aromatic N) is 2. The van der Waals surface area contributed by atoms with Crippen LogP contribution in [0.1, 0.15) is 36.2 Å². The number of carbonyl (C=O) groups is 1. The average Bonchev–Trinajstić information content (AvgIpc) is 3.16. The van der Waals surface area contributed by atoms with Crippen molar-refractivity contribution >= 4 is 28.7 Å². The predicted molar refractivity (Wildman–Crippen MR) is 103 cm³/mol. The normalized spacial score (nSPS) is 25.3. The SMILES string of the molecule is Cc1cc2c(cc1F)C(=O)[C@]1(C)CCN(c3ccc4c(c3)NC(C)O4)C1=N2. The molecule has 0 amide bonds. The number of aryl methyl sites for hydroxylation is 1. The van der Waals surface area contributed by atoms with E-state index in [1.54, 1.807) is 13.0 Å². The first-order chi connectivity index (χ1) is 12.9. The third kappa shape index (κ3) is 2.22. The average molecular weight is 365 g/mol. The van der Waals surface area contributed by atoms with Crippen molar-refractivity contribution < 1.29 is 13.9 Å². The van der Waals surface area contributed by atoms with Crippen molar-refractivity contribution in [3.63, 3.8) is 0 Å². The van der Waals surface area contributed by atoms with Crippen molar-refractivity contribution in [2.75, 3.05) is 16.8 Å². The Bertz CT molecular complexity index is 1030. The summed E-state index contributed by atoms with van der Waals surface area (Å²) in [6.07, 6.45) is 0.592. The minimum absolute atomic E-state index is 0.0554. The minimum atomic E-state index is -0.731. The summed E-state index contributed by atoms with van der Waals surface area (Å²) in [6, 6.07) is 8.95. The summed E-state index contributed by atoms with van der Waals surface area (Å²) in [5.74, 6) is 1.14. The number of amidine groups is 1. The Kier molecular flexibility index (Phi) is 3.21. The quantitative estimate of drug-likeness (QED) is 0.812. The van der Waals surface area contributed by atoms with Gasteiger partial charge in [-0.3, -0.25) is 4.79 Å². The maximum atomic E-state index is 14.0. The van der Waals surface area contributed by atoms with E-state index in [1.807, 2.05) is 32.0 Å². The zero-order valence-corrected chi connectivity index (χ0v) is 15.5. The van der Waals surface area contributed by atoms with E-state index in [-0.39, 0.29) is 17.8 Å². The highest BCUT2D eigenvalue weighted by atomic mass is 19.1. The molecule has 0 spiro atoms. The minimum Gasteiger partial charge on any atom is -0.469 e. The molecule has 1 N–H and O–H groups in total. The third-order valence-electron chi connectivity index (χ3n) is 5.77. The molecule has 2 atom stereocenters. The molecule has 1 unspecified atom stereocenters. The Morgan fingerprint density at radius 2 is 2.15 bits per heavy atom. The summed E-state index contributed by atoms with van der Waals surface area (Å²) >= 11 is 0. The molecule has 0 aromatic heterocycles. The van der Waals surface area contributed by atoms with Gasteiger partial charge in [-0.05, 0) is 63.1 Å². The lowest BCUT2D eigenvalue weighted by Crippen LogP contribution is -2.40. The molecule has 3 aliphatic rings. The Morgan fingerprint density at radius 3 is 2.96 bits per heavy atom. The largest absolute Gasteiger partial charge is 0.469 e. The second-order valence-electron chi connectivity index (χ2n) is 7.70. The van der Waals surface area contributed by atoms with Gasteiger partial charge in [-0.15, -0.1) is 0 Å². The van der Waals surface area contributed by atoms with Crippen LogP contribution in [0.3, 0.4) is 0 Å². The first kappa shape index (κ1) is 16.3. The van der Waals surface area contributed by atoms with Gasteiger partial charge in [0.05, 0.1) is 16.8 Å². The molecule has 5 rings (SSSR count). The number of nitrogens with one attached hydrogen (secondary N) is 1. The molecule has 0 bridgehead atoms. The van der Waals surface area contributed by atoms with Gasteiger partial charge in [0.2, 0.25) is 0 Å². The lowest BCUT2D eigenvalue weighted by Gasteiger charge is -2.31. The van der Waals surface area contributed by atoms with Crippen molar-refractivity contribution in [3.05, 3.63) is 47.3 Å². The number of Topliss-reactive ketones (excluding diaryl/α,β-unsaturated/α-hetero) is 1. The number of carbonyl (C=O) groups excluding carboxylic acids is 1. The van der Waals surface area contributed by atoms with Crippen LogP contribution in [-0.2, 0) is 0 Å². The topological polar surface area (TPSA) is 53.9 Å². The van der Waals surface area contributed by atoms with E-state index in [0.29, 0.717) is 29.8 Å². The van der Waals surface area contributed by atoms with Crippen molar-refractivity contribution in [2.45, 2.75) is 33.4 Å². The molecule has 2 aromatic carbocycles. The first-order valence-corrected chi connectivity index (χ1v) is 9.16. The number of rotatable bonds is 1. The number of ketones is 1. The van der Waals surface area contributed by atoms with Crippen LogP contribution >= 0.6 is 0 Å². The van der Waals surface area contributed by atoms with Crippen LogP contribution in [0.25, 0.3) is 0 Å². The van der Waals surface area contributed by atoms with Gasteiger partial charge in [0.15, 0.2) is 12.0 Å². The molecule has 0 saturated carbocycles. The fourth-order valence-electron chi connectivity index (χ4n) is 4.19. The molecule has 1 saturated heterocycles. The molecule has 1 fully saturated rings. The van der Waals surface area contributed by atoms with Crippen molar-refractivity contribution in [1.82, 2.24) is 0 Å². The maximum Gasteiger partial charge on any atom is 0.178 e. The summed E-state index contributed by atoms with van der Waals surface area (Å²) in [6.45, 7) is 6.24. The highest BCUT2D eigenvalue weighted by molar-refractivity contribution is 6.25. The van der Waals surface area contributed by atoms with E-state index in [9.17, 15) is 9.18 Å². The lowest BCUT2D eigenvalue weighted by molar-refractivity contribution is 0.0887. The van der Waals surface area contributed by atoms with Crippen LogP contribution in [0.15, 0.2) is 35.3 Å². The van der Waals surface area contributed by atoms with Crippen LogP contribution in [0.5, 0.6) is 5.75 Å². The first-order valence-electron chi connectivity index (χ1n) is 9.16. The van der Waals surface area contributed by atoms with E-state index < -0.39 is 5.41 Å². The highest BCUT2D eigenvalue weighted by Crippen LogP contribution is 2.46. The molecular weight excluding hydrogens is 345 g/mol. The van der Waals surface area contributed by atoms with Crippen LogP contribution in [-0.4, -0.2) is 24.4 Å². The van der Waals surface area contributed by atoms with Gasteiger partial charge in [0.1, 0.15) is 17.4 Å². The molecule has 0 radical (unpaired) electrons. The van der Waals surface area contributed by atoms with Crippen LogP contribution < -0.4 is 15.0 Å². The van der Waals surface area contributed by atoms with Gasteiger partial charge < -0.3 is 15.0 Å². The summed E-state index contributed by atoms with van der Waals surface area (Å²) in [4.78, 5) is 20.1. The molecule has 3 heterocycles. The number of benzene rings is 2. The third-order valence-corrected chi connectivity index (χ3v) is 5.77. The van der Waals surface area contributed by atoms with Crippen LogP contribution in [0, 0.1) is 18.2 Å². The van der Waals surface area contributed by atoms with Gasteiger partial charge in [0.25, 0.3) is 0 Å². The predicted octanol–water partition coefficient (Wildman–Crippen LogP) is 4.43. The van der Waals surface area contributed by atoms with Gasteiger partial charge in [-0.2, -0.15) is 0 Å². The summed E-state index contributed by atoms with van der Waals surface area (Å²) in [5, 5.41) is 3.28. The number of fused-ring (bicyclic) bond motifs is 3. The smallest absolute Gasteiger partial charge is 0.178 e. The Labute approximate surface area is 156 Å². The van der Waals surface area contributed by atoms with Gasteiger partial charge in [-0.1, -0.05) is 0 Å². The molecule has 2 aromatic rings. The number of anilines is 2. The monoisotopic (exact) mass is 365 g/mol. The Hall–Kier alpha value is -2.89. The molecule has 27 heavy (non-hydrogen) atoms. The van der Waals surface area contributed by atoms with E-state index >= 15 is 0 Å². The molecule has 6 heteroatoms. The standard InChI is InChI=1S/C21H20FN3O2/c1-11-8-16-14(10-15(11)22)19(26)21(3)6-7-25(20(21)24-16)13-4-5-18-17(9-13)23-12(2)27-18/h4-5,8-10,12,23H,6-7H2,1-3H3/t12?,21-/m0/s1. The van der Waals surface area contributed by atoms with Crippen molar-refractivity contribution in [2.24, 2.45) is 10.4 Å². The zero-order valence-electron chi connectivity index (χ0n) is 15.5. The van der Waals surface area contributed by atoms with E-state index in [4.69, 9.17) is 9.73 Å². The fourth-order valence-corrected chi connectivity index (χ4v) is 4.19. The summed E-state index contributed by atoms with van der Waals surface area (Å²) in [5.41, 5.74) is 2.60. The van der Waals surface area contributed by atoms with Crippen molar-refractivity contribution in [3.8, 4) is 5.75 Å². The lowest BCUT2D eigenvalue weighted by atomic mass is 9.78. The molecular formula is C21H20FN3O2. The van der Waals surface area contributed by atoms with Gasteiger partial charge >= 0.3 is 0 Å². The Balaban J connectivity index is 1.62. The van der Waals surface area contributed by atoms with Gasteiger partial charge in [0, 0.05) is 17.8 Å². The second kappa shape index (κ2) is 5.31. The Morgan fingerprint density at radius 1 is 1.33 bits per heavy atom. The molecule has 5 nitrogen and oxygen atoms in total. The number of aliphatic imine (C=N–C) groups is 1. The van der Waals surface area contributed by atoms with Gasteiger partial charge in [-0.25, -0.2) is 9.38 Å².